The molecule has 21 rings (SSSR count). The Hall–Kier alpha value is -11.5. The lowest BCUT2D eigenvalue weighted by molar-refractivity contribution is 1.68. The molecule has 0 fully saturated rings. The smallest absolute Gasteiger partial charge is 0.0440 e. The highest BCUT2D eigenvalue weighted by Crippen LogP contribution is 2.53. The van der Waals surface area contributed by atoms with E-state index in [4.69, 9.17) is 0 Å². The molecule has 432 valence electrons. The number of hydrogen-bond donors (Lipinski definition) is 0. The number of thiophene rings is 2. The van der Waals surface area contributed by atoms with Crippen LogP contribution < -0.4 is 0 Å². The largest absolute Gasteiger partial charge is 0.134 e. The van der Waals surface area contributed by atoms with Gasteiger partial charge in [-0.15, -0.1) is 22.7 Å². The van der Waals surface area contributed by atoms with Crippen molar-refractivity contribution in [3.8, 4) is 55.6 Å². The molecule has 0 N–H and O–H groups in total. The zero-order valence-electron chi connectivity index (χ0n) is 50.8. The zero-order chi connectivity index (χ0) is 61.3. The van der Waals surface area contributed by atoms with Crippen LogP contribution in [0.15, 0.2) is 315 Å². The Kier molecular flexibility index (Phi) is 11.1. The van der Waals surface area contributed by atoms with E-state index in [1.807, 2.05) is 22.7 Å². The molecule has 0 saturated heterocycles. The van der Waals surface area contributed by atoms with Crippen molar-refractivity contribution >= 4 is 182 Å². The van der Waals surface area contributed by atoms with E-state index in [9.17, 15) is 0 Å². The van der Waals surface area contributed by atoms with Crippen molar-refractivity contribution in [3.05, 3.63) is 315 Å². The third-order valence-electron chi connectivity index (χ3n) is 20.7. The first kappa shape index (κ1) is 52.1. The fraction of sp³-hybridized carbons (Fsp3) is 0. The van der Waals surface area contributed by atoms with E-state index < -0.39 is 0 Å². The van der Waals surface area contributed by atoms with Crippen molar-refractivity contribution in [2.75, 3.05) is 0 Å². The van der Waals surface area contributed by atoms with E-state index in [2.05, 4.69) is 315 Å². The second-order valence-electron chi connectivity index (χ2n) is 25.5. The maximum Gasteiger partial charge on any atom is 0.0440 e. The lowest BCUT2D eigenvalue weighted by Crippen LogP contribution is -1.92. The molecule has 0 aliphatic carbocycles. The predicted molar refractivity (Wildman–Crippen MR) is 412 cm³/mol. The van der Waals surface area contributed by atoms with Gasteiger partial charge in [0.25, 0.3) is 0 Å². The van der Waals surface area contributed by atoms with Crippen molar-refractivity contribution in [1.82, 2.24) is 0 Å². The van der Waals surface area contributed by atoms with Gasteiger partial charge < -0.3 is 0 Å². The summed E-state index contributed by atoms with van der Waals surface area (Å²) in [4.78, 5) is 0. The van der Waals surface area contributed by atoms with E-state index in [1.165, 1.54) is 214 Å². The van der Waals surface area contributed by atoms with Gasteiger partial charge >= 0.3 is 0 Å². The minimum absolute atomic E-state index is 1.22. The molecular weight excluding hydrogens is 1170 g/mol. The first-order valence-corrected chi connectivity index (χ1v) is 34.2. The van der Waals surface area contributed by atoms with Crippen LogP contribution in [0.5, 0.6) is 0 Å². The summed E-state index contributed by atoms with van der Waals surface area (Å²) in [7, 11) is 0. The van der Waals surface area contributed by atoms with E-state index in [0.29, 0.717) is 0 Å². The number of hydrogen-bond acceptors (Lipinski definition) is 2. The molecule has 2 aromatic heterocycles. The first-order chi connectivity index (χ1) is 46.6. The van der Waals surface area contributed by atoms with Gasteiger partial charge in [-0.3, -0.25) is 0 Å². The van der Waals surface area contributed by atoms with E-state index in [0.717, 1.165) is 0 Å². The molecule has 0 unspecified atom stereocenters. The van der Waals surface area contributed by atoms with Gasteiger partial charge in [-0.05, 0) is 194 Å². The zero-order valence-corrected chi connectivity index (χ0v) is 52.5. The molecule has 0 amide bonds. The predicted octanol–water partition coefficient (Wildman–Crippen LogP) is 27.4. The number of benzene rings is 19. The number of rotatable bonds is 5. The quantitative estimate of drug-likeness (QED) is 0.119. The Labute approximate surface area is 548 Å². The van der Waals surface area contributed by atoms with Crippen LogP contribution >= 0.6 is 22.7 Å². The molecule has 19 aromatic carbocycles. The average Bonchev–Trinajstić information content (AvgIpc) is 1.40. The highest BCUT2D eigenvalue weighted by atomic mass is 32.1. The molecule has 0 spiro atoms. The number of fused-ring (bicyclic) bond motifs is 24. The second-order valence-corrected chi connectivity index (χ2v) is 27.7. The Balaban J connectivity index is 0.690. The van der Waals surface area contributed by atoms with Gasteiger partial charge in [0.2, 0.25) is 0 Å². The van der Waals surface area contributed by atoms with E-state index in [1.54, 1.807) is 0 Å². The Morgan fingerprint density at radius 1 is 0.160 bits per heavy atom. The highest BCUT2D eigenvalue weighted by molar-refractivity contribution is 7.27. The molecule has 0 bridgehead atoms. The molecule has 0 nitrogen and oxygen atoms in total. The van der Waals surface area contributed by atoms with Crippen LogP contribution in [0.1, 0.15) is 0 Å². The normalized spacial score (nSPS) is 12.3. The molecule has 2 heterocycles. The molecular formula is C92H52S2. The molecule has 0 radical (unpaired) electrons. The lowest BCUT2D eigenvalue weighted by atomic mass is 9.83. The molecule has 21 aromatic rings. The van der Waals surface area contributed by atoms with E-state index in [-0.39, 0.29) is 0 Å². The van der Waals surface area contributed by atoms with Crippen LogP contribution in [0.25, 0.3) is 214 Å². The monoisotopic (exact) mass is 1220 g/mol. The summed E-state index contributed by atoms with van der Waals surface area (Å²) < 4.78 is 5.30. The van der Waals surface area contributed by atoms with Gasteiger partial charge in [0, 0.05) is 51.1 Å². The van der Waals surface area contributed by atoms with Crippen molar-refractivity contribution in [1.29, 1.82) is 0 Å². The summed E-state index contributed by atoms with van der Waals surface area (Å²) in [5, 5.41) is 33.4. The standard InChI is InChI=1S/C92H52S2/c1-2-21-60-55(20-1)50-81(65-25-4-3-22-62(60)65)88-73-33-14-12-31-71(73)86(72-32-13-15-34-74(72)88)59-45-47-79-83(52-59)94-92-77-37-18-16-35-75(77)87-61(38-19-39-80(87)90(79)92)56-42-40-54-49-57(43-41-53(54)48-56)84-67-27-8-10-29-69(67)85(70-30-11-9-28-68(70)84)58-44-46-78-82(51-58)93-91-76-36-17-6-24-64(76)63-23-5-7-26-66(63)89(78)91/h1-52H. The molecule has 94 heavy (non-hydrogen) atoms. The SMILES string of the molecule is c1ccc2c(c1)cc(-c1c3ccccc3c(-c3ccc4c(c3)sc3c5ccccc5c5c(-c6ccc7cc(-c8c9ccccc9c(-c9ccc%10c(c9)sc9c%11ccccc%11c%11ccccc%11c%109)c9ccccc89)ccc7c6)cccc5c43)c3ccccc13)c1ccccc12. The fourth-order valence-corrected chi connectivity index (χ4v) is 19.4. The van der Waals surface area contributed by atoms with Crippen LogP contribution in [0.3, 0.4) is 0 Å². The Morgan fingerprint density at radius 2 is 0.500 bits per heavy atom. The van der Waals surface area contributed by atoms with Gasteiger partial charge in [-0.25, -0.2) is 0 Å². The van der Waals surface area contributed by atoms with Crippen molar-refractivity contribution in [3.63, 3.8) is 0 Å². The maximum atomic E-state index is 2.48. The minimum Gasteiger partial charge on any atom is -0.134 e. The van der Waals surface area contributed by atoms with Crippen LogP contribution in [-0.2, 0) is 0 Å². The third-order valence-corrected chi connectivity index (χ3v) is 23.1. The average molecular weight is 1220 g/mol. The topological polar surface area (TPSA) is 0 Å². The van der Waals surface area contributed by atoms with Crippen LogP contribution in [0.4, 0.5) is 0 Å². The summed E-state index contributed by atoms with van der Waals surface area (Å²) in [5.41, 5.74) is 12.5. The maximum absolute atomic E-state index is 2.48. The third kappa shape index (κ3) is 7.44. The molecule has 0 aliphatic rings. The second kappa shape index (κ2) is 20.0. The van der Waals surface area contributed by atoms with Crippen molar-refractivity contribution in [2.45, 2.75) is 0 Å². The summed E-state index contributed by atoms with van der Waals surface area (Å²) >= 11 is 3.86. The summed E-state index contributed by atoms with van der Waals surface area (Å²) in [6, 6.07) is 119. The molecule has 0 aliphatic heterocycles. The van der Waals surface area contributed by atoms with Gasteiger partial charge in [0.1, 0.15) is 0 Å². The van der Waals surface area contributed by atoms with Gasteiger partial charge in [-0.2, -0.15) is 0 Å². The summed E-state index contributed by atoms with van der Waals surface area (Å²) in [6.07, 6.45) is 0. The van der Waals surface area contributed by atoms with Gasteiger partial charge in [0.05, 0.1) is 0 Å². The molecule has 2 heteroatoms. The molecule has 0 saturated carbocycles. The summed E-state index contributed by atoms with van der Waals surface area (Å²) in [6.45, 7) is 0. The lowest BCUT2D eigenvalue weighted by Gasteiger charge is -2.19. The summed E-state index contributed by atoms with van der Waals surface area (Å²) in [5.74, 6) is 0. The highest BCUT2D eigenvalue weighted by Gasteiger charge is 2.24. The first-order valence-electron chi connectivity index (χ1n) is 32.5. The fourth-order valence-electron chi connectivity index (χ4n) is 16.8. The van der Waals surface area contributed by atoms with Crippen LogP contribution in [0, 0.1) is 0 Å². The van der Waals surface area contributed by atoms with E-state index >= 15 is 0 Å². The van der Waals surface area contributed by atoms with Crippen LogP contribution in [-0.4, -0.2) is 0 Å². The minimum atomic E-state index is 1.22. The molecule has 0 atom stereocenters. The van der Waals surface area contributed by atoms with Gasteiger partial charge in [0.15, 0.2) is 0 Å². The van der Waals surface area contributed by atoms with Gasteiger partial charge in [-0.1, -0.05) is 285 Å². The Bertz CT molecular complexity index is 6800. The van der Waals surface area contributed by atoms with Crippen molar-refractivity contribution in [2.24, 2.45) is 0 Å². The van der Waals surface area contributed by atoms with Crippen LogP contribution in [0.2, 0.25) is 0 Å². The Morgan fingerprint density at radius 3 is 1.02 bits per heavy atom. The van der Waals surface area contributed by atoms with Crippen molar-refractivity contribution < 1.29 is 0 Å².